The second kappa shape index (κ2) is 4.36. The molecule has 0 bridgehead atoms. The van der Waals surface area contributed by atoms with Crippen LogP contribution < -0.4 is 0 Å². The molecule has 78 valence electrons. The molecule has 0 saturated heterocycles. The molecule has 0 spiro atoms. The van der Waals surface area contributed by atoms with E-state index in [1.165, 1.54) is 0 Å². The van der Waals surface area contributed by atoms with Crippen LogP contribution in [0.1, 0.15) is 44.2 Å². The normalized spacial score (nSPS) is 10.9. The summed E-state index contributed by atoms with van der Waals surface area (Å²) in [4.78, 5) is 0. The van der Waals surface area contributed by atoms with Gasteiger partial charge in [-0.05, 0) is 24.0 Å². The molecule has 14 heavy (non-hydrogen) atoms. The monoisotopic (exact) mass is 194 g/mol. The van der Waals surface area contributed by atoms with E-state index in [0.29, 0.717) is 5.56 Å². The van der Waals surface area contributed by atoms with Gasteiger partial charge in [0.1, 0.15) is 11.5 Å². The highest BCUT2D eigenvalue weighted by Crippen LogP contribution is 2.36. The lowest BCUT2D eigenvalue weighted by atomic mass is 9.96. The summed E-state index contributed by atoms with van der Waals surface area (Å²) in [6.07, 6.45) is 1.85. The zero-order valence-electron chi connectivity index (χ0n) is 9.04. The van der Waals surface area contributed by atoms with E-state index in [0.717, 1.165) is 18.4 Å². The molecule has 0 aromatic heterocycles. The smallest absolute Gasteiger partial charge is 0.125 e. The highest BCUT2D eigenvalue weighted by molar-refractivity contribution is 5.50. The van der Waals surface area contributed by atoms with E-state index < -0.39 is 0 Å². The van der Waals surface area contributed by atoms with Crippen LogP contribution in [0.25, 0.3) is 0 Å². The van der Waals surface area contributed by atoms with E-state index in [-0.39, 0.29) is 17.4 Å². The predicted octanol–water partition coefficient (Wildman–Crippen LogP) is 3.17. The fourth-order valence-electron chi connectivity index (χ4n) is 1.68. The van der Waals surface area contributed by atoms with Crippen molar-refractivity contribution < 1.29 is 10.2 Å². The maximum Gasteiger partial charge on any atom is 0.125 e. The van der Waals surface area contributed by atoms with Gasteiger partial charge in [-0.15, -0.1) is 0 Å². The van der Waals surface area contributed by atoms with Gasteiger partial charge in [0.15, 0.2) is 0 Å². The van der Waals surface area contributed by atoms with Crippen molar-refractivity contribution >= 4 is 0 Å². The van der Waals surface area contributed by atoms with Crippen LogP contribution in [-0.2, 0) is 6.42 Å². The molecule has 2 N–H and O–H groups in total. The number of rotatable bonds is 3. The third kappa shape index (κ3) is 2.00. The summed E-state index contributed by atoms with van der Waals surface area (Å²) in [5, 5.41) is 19.5. The SMILES string of the molecule is CCCc1ccc(O)c(C(C)C)c1O. The molecular weight excluding hydrogens is 176 g/mol. The summed E-state index contributed by atoms with van der Waals surface area (Å²) in [6, 6.07) is 3.46. The van der Waals surface area contributed by atoms with Crippen molar-refractivity contribution in [2.75, 3.05) is 0 Å². The maximum absolute atomic E-state index is 9.91. The van der Waals surface area contributed by atoms with Crippen LogP contribution in [0.2, 0.25) is 0 Å². The molecule has 0 aliphatic carbocycles. The first-order chi connectivity index (χ1) is 6.57. The molecule has 0 radical (unpaired) electrons. The Hall–Kier alpha value is -1.18. The molecular formula is C12H18O2. The van der Waals surface area contributed by atoms with Crippen molar-refractivity contribution in [3.63, 3.8) is 0 Å². The summed E-state index contributed by atoms with van der Waals surface area (Å²) in [6.45, 7) is 6.00. The minimum Gasteiger partial charge on any atom is -0.508 e. The molecule has 1 rings (SSSR count). The molecule has 0 saturated carbocycles. The third-order valence-electron chi connectivity index (χ3n) is 2.37. The molecule has 0 aliphatic heterocycles. The van der Waals surface area contributed by atoms with Crippen LogP contribution in [0, 0.1) is 0 Å². The summed E-state index contributed by atoms with van der Waals surface area (Å²) < 4.78 is 0. The first-order valence-corrected chi connectivity index (χ1v) is 5.11. The molecule has 2 nitrogen and oxygen atoms in total. The Kier molecular flexibility index (Phi) is 3.39. The summed E-state index contributed by atoms with van der Waals surface area (Å²) in [7, 11) is 0. The lowest BCUT2D eigenvalue weighted by Crippen LogP contribution is -1.93. The highest BCUT2D eigenvalue weighted by atomic mass is 16.3. The van der Waals surface area contributed by atoms with Crippen LogP contribution in [0.3, 0.4) is 0 Å². The van der Waals surface area contributed by atoms with E-state index in [2.05, 4.69) is 6.92 Å². The highest BCUT2D eigenvalue weighted by Gasteiger charge is 2.14. The molecule has 0 amide bonds. The van der Waals surface area contributed by atoms with E-state index in [1.807, 2.05) is 13.8 Å². The maximum atomic E-state index is 9.91. The number of hydrogen-bond acceptors (Lipinski definition) is 2. The average molecular weight is 194 g/mol. The van der Waals surface area contributed by atoms with Crippen LogP contribution in [0.15, 0.2) is 12.1 Å². The molecule has 0 fully saturated rings. The molecule has 1 aromatic rings. The Bertz CT molecular complexity index is 316. The van der Waals surface area contributed by atoms with Crippen molar-refractivity contribution in [1.29, 1.82) is 0 Å². The van der Waals surface area contributed by atoms with Gasteiger partial charge < -0.3 is 10.2 Å². The Morgan fingerprint density at radius 3 is 2.36 bits per heavy atom. The summed E-state index contributed by atoms with van der Waals surface area (Å²) in [5.41, 5.74) is 1.59. The first-order valence-electron chi connectivity index (χ1n) is 5.11. The van der Waals surface area contributed by atoms with Gasteiger partial charge in [-0.25, -0.2) is 0 Å². The minimum atomic E-state index is 0.145. The minimum absolute atomic E-state index is 0.145. The number of phenols is 2. The zero-order valence-corrected chi connectivity index (χ0v) is 9.04. The van der Waals surface area contributed by atoms with Crippen LogP contribution in [-0.4, -0.2) is 10.2 Å². The van der Waals surface area contributed by atoms with E-state index >= 15 is 0 Å². The second-order valence-corrected chi connectivity index (χ2v) is 3.91. The van der Waals surface area contributed by atoms with Crippen molar-refractivity contribution in [3.05, 3.63) is 23.3 Å². The van der Waals surface area contributed by atoms with E-state index in [9.17, 15) is 10.2 Å². The van der Waals surface area contributed by atoms with Crippen molar-refractivity contribution in [1.82, 2.24) is 0 Å². The lowest BCUT2D eigenvalue weighted by Gasteiger charge is -2.13. The summed E-state index contributed by atoms with van der Waals surface area (Å²) >= 11 is 0. The molecule has 0 atom stereocenters. The van der Waals surface area contributed by atoms with Crippen molar-refractivity contribution in [2.24, 2.45) is 0 Å². The van der Waals surface area contributed by atoms with Crippen LogP contribution in [0.4, 0.5) is 0 Å². The van der Waals surface area contributed by atoms with Gasteiger partial charge in [-0.3, -0.25) is 0 Å². The van der Waals surface area contributed by atoms with Gasteiger partial charge >= 0.3 is 0 Å². The second-order valence-electron chi connectivity index (χ2n) is 3.91. The van der Waals surface area contributed by atoms with E-state index in [4.69, 9.17) is 0 Å². The molecule has 2 heteroatoms. The average Bonchev–Trinajstić information content (AvgIpc) is 2.10. The number of phenolic OH excluding ortho intramolecular Hbond substituents is 2. The number of hydrogen-bond donors (Lipinski definition) is 2. The molecule has 0 heterocycles. The summed E-state index contributed by atoms with van der Waals surface area (Å²) in [5.74, 6) is 0.603. The number of benzene rings is 1. The fraction of sp³-hybridized carbons (Fsp3) is 0.500. The largest absolute Gasteiger partial charge is 0.508 e. The van der Waals surface area contributed by atoms with Gasteiger partial charge in [0.2, 0.25) is 0 Å². The van der Waals surface area contributed by atoms with Gasteiger partial charge in [-0.2, -0.15) is 0 Å². The van der Waals surface area contributed by atoms with Gasteiger partial charge in [0, 0.05) is 5.56 Å². The zero-order chi connectivity index (χ0) is 10.7. The van der Waals surface area contributed by atoms with Crippen molar-refractivity contribution in [3.8, 4) is 11.5 Å². The topological polar surface area (TPSA) is 40.5 Å². The molecule has 0 aliphatic rings. The number of aryl methyl sites for hydroxylation is 1. The van der Waals surface area contributed by atoms with Crippen LogP contribution in [0.5, 0.6) is 11.5 Å². The Labute approximate surface area is 85.2 Å². The Morgan fingerprint density at radius 2 is 1.86 bits per heavy atom. The molecule has 1 aromatic carbocycles. The third-order valence-corrected chi connectivity index (χ3v) is 2.37. The van der Waals surface area contributed by atoms with Crippen LogP contribution >= 0.6 is 0 Å². The van der Waals surface area contributed by atoms with Gasteiger partial charge in [0.25, 0.3) is 0 Å². The van der Waals surface area contributed by atoms with Gasteiger partial charge in [0.05, 0.1) is 0 Å². The van der Waals surface area contributed by atoms with Gasteiger partial charge in [-0.1, -0.05) is 33.3 Å². The predicted molar refractivity (Wildman–Crippen MR) is 57.9 cm³/mol. The Balaban J connectivity index is 3.19. The molecule has 0 unspecified atom stereocenters. The van der Waals surface area contributed by atoms with Crippen molar-refractivity contribution in [2.45, 2.75) is 39.5 Å². The standard InChI is InChI=1S/C12H18O2/c1-4-5-9-6-7-10(13)11(8(2)3)12(9)14/h6-8,13-14H,4-5H2,1-3H3. The first kappa shape index (κ1) is 10.9. The van der Waals surface area contributed by atoms with E-state index in [1.54, 1.807) is 12.1 Å². The number of aromatic hydroxyl groups is 2. The lowest BCUT2D eigenvalue weighted by molar-refractivity contribution is 0.428. The Morgan fingerprint density at radius 1 is 1.21 bits per heavy atom. The fourth-order valence-corrected chi connectivity index (χ4v) is 1.68. The quantitative estimate of drug-likeness (QED) is 0.775.